The number of para-hydroxylation sites is 3. The van der Waals surface area contributed by atoms with E-state index in [1.807, 2.05) is 60.7 Å². The number of carbonyl (C=O) groups is 2. The molecular weight excluding hydrogens is 404 g/mol. The summed E-state index contributed by atoms with van der Waals surface area (Å²) in [5.41, 5.74) is 2.90. The summed E-state index contributed by atoms with van der Waals surface area (Å²) in [6.45, 7) is 1.90. The maximum absolute atomic E-state index is 13.6. The topological polar surface area (TPSA) is 71.8 Å². The van der Waals surface area contributed by atoms with E-state index in [2.05, 4.69) is 12.2 Å². The summed E-state index contributed by atoms with van der Waals surface area (Å²) in [6, 6.07) is 19.7. The highest BCUT2D eigenvalue weighted by Gasteiger charge is 2.42. The lowest BCUT2D eigenvalue weighted by atomic mass is 9.83. The largest absolute Gasteiger partial charge is 0.484 e. The molecule has 32 heavy (non-hydrogen) atoms. The second-order valence-electron chi connectivity index (χ2n) is 8.25. The summed E-state index contributed by atoms with van der Waals surface area (Å²) in [6.07, 6.45) is 2.74. The Labute approximate surface area is 186 Å². The second-order valence-corrected chi connectivity index (χ2v) is 8.25. The number of fused-ring (bicyclic) bond motifs is 1. The van der Waals surface area contributed by atoms with Gasteiger partial charge in [-0.15, -0.1) is 0 Å². The molecule has 5 rings (SSSR count). The molecule has 1 aliphatic heterocycles. The fourth-order valence-corrected chi connectivity index (χ4v) is 4.51. The van der Waals surface area contributed by atoms with Crippen molar-refractivity contribution in [2.45, 2.75) is 25.8 Å². The Morgan fingerprint density at radius 3 is 2.62 bits per heavy atom. The molecule has 2 atom stereocenters. The summed E-state index contributed by atoms with van der Waals surface area (Å²) < 4.78 is 11.5. The molecule has 2 aromatic carbocycles. The Morgan fingerprint density at radius 2 is 1.84 bits per heavy atom. The average molecular weight is 428 g/mol. The molecule has 0 saturated carbocycles. The molecule has 1 aromatic heterocycles. The van der Waals surface area contributed by atoms with Gasteiger partial charge in [-0.2, -0.15) is 0 Å². The molecule has 0 bridgehead atoms. The zero-order chi connectivity index (χ0) is 22.1. The summed E-state index contributed by atoms with van der Waals surface area (Å²) in [7, 11) is 0. The van der Waals surface area contributed by atoms with Gasteiger partial charge in [0, 0.05) is 17.7 Å². The van der Waals surface area contributed by atoms with E-state index in [9.17, 15) is 9.59 Å². The number of anilines is 2. The van der Waals surface area contributed by atoms with Crippen LogP contribution in [0.3, 0.4) is 0 Å². The molecule has 1 N–H and O–H groups in total. The van der Waals surface area contributed by atoms with E-state index >= 15 is 0 Å². The first kappa shape index (κ1) is 20.1. The van der Waals surface area contributed by atoms with Gasteiger partial charge in [0.15, 0.2) is 12.4 Å². The first-order valence-corrected chi connectivity index (χ1v) is 10.8. The number of ether oxygens (including phenoxy) is 1. The molecule has 1 aliphatic carbocycles. The third-order valence-corrected chi connectivity index (χ3v) is 5.88. The van der Waals surface area contributed by atoms with E-state index in [-0.39, 0.29) is 24.2 Å². The maximum Gasteiger partial charge on any atom is 0.265 e. The van der Waals surface area contributed by atoms with Crippen LogP contribution < -0.4 is 15.0 Å². The summed E-state index contributed by atoms with van der Waals surface area (Å²) >= 11 is 0. The van der Waals surface area contributed by atoms with Gasteiger partial charge in [-0.1, -0.05) is 37.3 Å². The molecule has 2 aliphatic rings. The summed E-state index contributed by atoms with van der Waals surface area (Å²) in [5, 5.41) is 3.46. The Morgan fingerprint density at radius 1 is 1.06 bits per heavy atom. The molecule has 3 aromatic rings. The van der Waals surface area contributed by atoms with E-state index in [1.54, 1.807) is 17.2 Å². The molecule has 162 valence electrons. The number of benzene rings is 2. The molecule has 6 nitrogen and oxygen atoms in total. The minimum absolute atomic E-state index is 0.0298. The van der Waals surface area contributed by atoms with Gasteiger partial charge in [-0.25, -0.2) is 0 Å². The van der Waals surface area contributed by atoms with Crippen molar-refractivity contribution >= 4 is 23.1 Å². The summed E-state index contributed by atoms with van der Waals surface area (Å²) in [4.78, 5) is 28.6. The lowest BCUT2D eigenvalue weighted by Gasteiger charge is -2.33. The second kappa shape index (κ2) is 8.38. The van der Waals surface area contributed by atoms with Crippen molar-refractivity contribution in [2.24, 2.45) is 5.92 Å². The van der Waals surface area contributed by atoms with Crippen LogP contribution in [-0.2, 0) is 9.59 Å². The van der Waals surface area contributed by atoms with Crippen LogP contribution in [0.1, 0.15) is 31.6 Å². The first-order chi connectivity index (χ1) is 15.6. The van der Waals surface area contributed by atoms with Crippen LogP contribution in [0, 0.1) is 5.92 Å². The molecular formula is C26H24N2O4. The standard InChI is InChI=1S/C26H24N2O4/c1-17-14-20-25(22(29)15-17)26(23-12-7-13-31-23)28(21-11-6-5-10-19(21)27-20)24(30)16-32-18-8-3-2-4-9-18/h2-13,17,26-27H,14-16H2,1H3/t17-,26-/m1/s1. The quantitative estimate of drug-likeness (QED) is 0.625. The normalized spacial score (nSPS) is 20.2. The third-order valence-electron chi connectivity index (χ3n) is 5.88. The highest BCUT2D eigenvalue weighted by molar-refractivity contribution is 6.06. The van der Waals surface area contributed by atoms with Crippen LogP contribution in [0.5, 0.6) is 5.75 Å². The SMILES string of the molecule is C[C@H]1CC(=O)C2=C(C1)Nc1ccccc1N(C(=O)COc1ccccc1)[C@@H]2c1ccco1. The number of rotatable bonds is 4. The number of carbonyl (C=O) groups excluding carboxylic acids is 2. The number of nitrogens with zero attached hydrogens (tertiary/aromatic N) is 1. The molecule has 0 radical (unpaired) electrons. The predicted molar refractivity (Wildman–Crippen MR) is 121 cm³/mol. The van der Waals surface area contributed by atoms with Gasteiger partial charge >= 0.3 is 0 Å². The van der Waals surface area contributed by atoms with Crippen molar-refractivity contribution < 1.29 is 18.7 Å². The minimum Gasteiger partial charge on any atom is -0.484 e. The molecule has 0 unspecified atom stereocenters. The van der Waals surface area contributed by atoms with Gasteiger partial charge in [0.05, 0.1) is 17.6 Å². The van der Waals surface area contributed by atoms with Gasteiger partial charge in [0.25, 0.3) is 5.91 Å². The lowest BCUT2D eigenvalue weighted by Crippen LogP contribution is -2.40. The van der Waals surface area contributed by atoms with E-state index < -0.39 is 6.04 Å². The van der Waals surface area contributed by atoms with Crippen LogP contribution in [-0.4, -0.2) is 18.3 Å². The highest BCUT2D eigenvalue weighted by Crippen LogP contribution is 2.45. The van der Waals surface area contributed by atoms with Gasteiger partial charge in [0.2, 0.25) is 0 Å². The zero-order valence-electron chi connectivity index (χ0n) is 17.8. The van der Waals surface area contributed by atoms with Crippen LogP contribution >= 0.6 is 0 Å². The number of amides is 1. The number of Topliss-reactive ketones (excluding diaryl/α,β-unsaturated/α-hetero) is 1. The Bertz CT molecular complexity index is 1170. The van der Waals surface area contributed by atoms with Crippen LogP contribution in [0.25, 0.3) is 0 Å². The number of furan rings is 1. The van der Waals surface area contributed by atoms with Crippen LogP contribution in [0.15, 0.2) is 88.7 Å². The van der Waals surface area contributed by atoms with Gasteiger partial charge in [-0.05, 0) is 48.7 Å². The Kier molecular flexibility index (Phi) is 5.27. The van der Waals surface area contributed by atoms with E-state index in [1.165, 1.54) is 0 Å². The average Bonchev–Trinajstić information content (AvgIpc) is 3.27. The molecule has 1 amide bonds. The van der Waals surface area contributed by atoms with Crippen LogP contribution in [0.2, 0.25) is 0 Å². The Balaban J connectivity index is 1.61. The van der Waals surface area contributed by atoms with Crippen molar-refractivity contribution in [3.05, 3.63) is 90.0 Å². The number of allylic oxidation sites excluding steroid dienone is 1. The first-order valence-electron chi connectivity index (χ1n) is 10.8. The third kappa shape index (κ3) is 3.68. The predicted octanol–water partition coefficient (Wildman–Crippen LogP) is 5.11. The fraction of sp³-hybridized carbons (Fsp3) is 0.231. The smallest absolute Gasteiger partial charge is 0.265 e. The highest BCUT2D eigenvalue weighted by atomic mass is 16.5. The maximum atomic E-state index is 13.6. The van der Waals surface area contributed by atoms with Crippen LogP contribution in [0.4, 0.5) is 11.4 Å². The monoisotopic (exact) mass is 428 g/mol. The van der Waals surface area contributed by atoms with Gasteiger partial charge in [0.1, 0.15) is 17.6 Å². The number of nitrogens with one attached hydrogen (secondary N) is 1. The zero-order valence-corrected chi connectivity index (χ0v) is 17.8. The number of hydrogen-bond donors (Lipinski definition) is 1. The van der Waals surface area contributed by atoms with E-state index in [0.29, 0.717) is 29.2 Å². The van der Waals surface area contributed by atoms with Gasteiger partial charge in [-0.3, -0.25) is 14.5 Å². The van der Waals surface area contributed by atoms with E-state index in [0.717, 1.165) is 17.8 Å². The van der Waals surface area contributed by atoms with E-state index in [4.69, 9.17) is 9.15 Å². The van der Waals surface area contributed by atoms with Crippen molar-refractivity contribution in [2.75, 3.05) is 16.8 Å². The lowest BCUT2D eigenvalue weighted by molar-refractivity contribution is -0.121. The number of hydrogen-bond acceptors (Lipinski definition) is 5. The van der Waals surface area contributed by atoms with Crippen molar-refractivity contribution in [3.63, 3.8) is 0 Å². The molecule has 0 spiro atoms. The minimum atomic E-state index is -0.664. The molecule has 0 fully saturated rings. The van der Waals surface area contributed by atoms with Crippen molar-refractivity contribution in [1.29, 1.82) is 0 Å². The van der Waals surface area contributed by atoms with Crippen molar-refractivity contribution in [1.82, 2.24) is 0 Å². The molecule has 6 heteroatoms. The molecule has 2 heterocycles. The number of ketones is 1. The summed E-state index contributed by atoms with van der Waals surface area (Å²) in [5.74, 6) is 1.15. The Hall–Kier alpha value is -3.80. The molecule has 0 saturated heterocycles. The van der Waals surface area contributed by atoms with Crippen molar-refractivity contribution in [3.8, 4) is 5.75 Å². The van der Waals surface area contributed by atoms with Gasteiger partial charge < -0.3 is 14.5 Å². The fourth-order valence-electron chi connectivity index (χ4n) is 4.51.